The number of hydrogen-bond acceptors (Lipinski definition) is 4. The van der Waals surface area contributed by atoms with Crippen LogP contribution >= 0.6 is 11.6 Å². The third-order valence-electron chi connectivity index (χ3n) is 4.17. The van der Waals surface area contributed by atoms with Crippen LogP contribution < -0.4 is 5.32 Å². The molecule has 2 aromatic carbocycles. The van der Waals surface area contributed by atoms with E-state index in [-0.39, 0.29) is 24.1 Å². The first kappa shape index (κ1) is 19.6. The molecule has 0 aliphatic carbocycles. The number of nitrogens with zero attached hydrogens (tertiary/aromatic N) is 1. The molecule has 1 N–H and O–H groups in total. The standard InChI is InChI=1S/C22H19ClN2O3/c23-22-19(12-7-13-24-22)25-20(26)15-28-21(27)14-18(16-8-3-1-4-9-16)17-10-5-2-6-11-17/h1-13,18H,14-15H2,(H,25,26). The van der Waals surface area contributed by atoms with Gasteiger partial charge in [0.25, 0.3) is 5.91 Å². The molecule has 6 heteroatoms. The summed E-state index contributed by atoms with van der Waals surface area (Å²) in [5.41, 5.74) is 2.39. The highest BCUT2D eigenvalue weighted by molar-refractivity contribution is 6.32. The van der Waals surface area contributed by atoms with E-state index in [2.05, 4.69) is 10.3 Å². The lowest BCUT2D eigenvalue weighted by Gasteiger charge is -2.17. The van der Waals surface area contributed by atoms with Gasteiger partial charge in [-0.25, -0.2) is 4.98 Å². The molecule has 3 rings (SSSR count). The molecule has 0 bridgehead atoms. The number of pyridine rings is 1. The molecule has 1 amide bonds. The van der Waals surface area contributed by atoms with Gasteiger partial charge in [-0.15, -0.1) is 0 Å². The second kappa shape index (κ2) is 9.67. The van der Waals surface area contributed by atoms with E-state index >= 15 is 0 Å². The van der Waals surface area contributed by atoms with Crippen molar-refractivity contribution in [3.63, 3.8) is 0 Å². The average Bonchev–Trinajstić information content (AvgIpc) is 2.73. The van der Waals surface area contributed by atoms with Crippen molar-refractivity contribution in [3.8, 4) is 0 Å². The molecule has 0 spiro atoms. The molecule has 1 aromatic heterocycles. The SMILES string of the molecule is O=C(COC(=O)CC(c1ccccc1)c1ccccc1)Nc1cccnc1Cl. The fourth-order valence-electron chi connectivity index (χ4n) is 2.84. The fourth-order valence-corrected chi connectivity index (χ4v) is 3.00. The summed E-state index contributed by atoms with van der Waals surface area (Å²) in [7, 11) is 0. The molecule has 0 unspecified atom stereocenters. The Kier molecular flexibility index (Phi) is 6.76. The van der Waals surface area contributed by atoms with E-state index in [4.69, 9.17) is 16.3 Å². The summed E-state index contributed by atoms with van der Waals surface area (Å²) in [6, 6.07) is 22.8. The van der Waals surface area contributed by atoms with Crippen molar-refractivity contribution < 1.29 is 14.3 Å². The Balaban J connectivity index is 1.61. The molecule has 0 aliphatic heterocycles. The van der Waals surface area contributed by atoms with Gasteiger partial charge < -0.3 is 10.1 Å². The summed E-state index contributed by atoms with van der Waals surface area (Å²) < 4.78 is 5.17. The number of halogens is 1. The summed E-state index contributed by atoms with van der Waals surface area (Å²) in [5, 5.41) is 2.75. The first-order chi connectivity index (χ1) is 13.6. The maximum Gasteiger partial charge on any atom is 0.307 e. The molecule has 0 fully saturated rings. The van der Waals surface area contributed by atoms with Crippen molar-refractivity contribution in [2.45, 2.75) is 12.3 Å². The van der Waals surface area contributed by atoms with Crippen molar-refractivity contribution in [1.29, 1.82) is 0 Å². The minimum Gasteiger partial charge on any atom is -0.456 e. The van der Waals surface area contributed by atoms with Crippen LogP contribution in [-0.4, -0.2) is 23.5 Å². The van der Waals surface area contributed by atoms with Crippen LogP contribution in [-0.2, 0) is 14.3 Å². The number of anilines is 1. The van der Waals surface area contributed by atoms with Crippen molar-refractivity contribution in [2.24, 2.45) is 0 Å². The normalized spacial score (nSPS) is 10.5. The Morgan fingerprint density at radius 3 is 2.11 bits per heavy atom. The largest absolute Gasteiger partial charge is 0.456 e. The number of esters is 1. The van der Waals surface area contributed by atoms with Crippen LogP contribution in [0.2, 0.25) is 5.15 Å². The van der Waals surface area contributed by atoms with Crippen molar-refractivity contribution in [2.75, 3.05) is 11.9 Å². The molecule has 5 nitrogen and oxygen atoms in total. The summed E-state index contributed by atoms with van der Waals surface area (Å²) in [5.74, 6) is -1.07. The predicted molar refractivity (Wildman–Crippen MR) is 108 cm³/mol. The second-order valence-electron chi connectivity index (χ2n) is 6.13. The van der Waals surface area contributed by atoms with Gasteiger partial charge in [-0.2, -0.15) is 0 Å². The number of hydrogen-bond donors (Lipinski definition) is 1. The van der Waals surface area contributed by atoms with E-state index in [0.29, 0.717) is 5.69 Å². The highest BCUT2D eigenvalue weighted by Crippen LogP contribution is 2.28. The van der Waals surface area contributed by atoms with E-state index in [1.807, 2.05) is 60.7 Å². The Bertz CT molecular complexity index is 893. The zero-order valence-electron chi connectivity index (χ0n) is 15.0. The van der Waals surface area contributed by atoms with Crippen LogP contribution in [0.25, 0.3) is 0 Å². The summed E-state index contributed by atoms with van der Waals surface area (Å²) in [6.07, 6.45) is 1.65. The average molecular weight is 395 g/mol. The molecule has 3 aromatic rings. The van der Waals surface area contributed by atoms with E-state index < -0.39 is 11.9 Å². The monoisotopic (exact) mass is 394 g/mol. The minimum absolute atomic E-state index is 0.134. The Morgan fingerprint density at radius 1 is 0.929 bits per heavy atom. The van der Waals surface area contributed by atoms with Crippen molar-refractivity contribution in [3.05, 3.63) is 95.3 Å². The number of amides is 1. The third-order valence-corrected chi connectivity index (χ3v) is 4.47. The lowest BCUT2D eigenvalue weighted by atomic mass is 9.89. The third kappa shape index (κ3) is 5.41. The van der Waals surface area contributed by atoms with Crippen molar-refractivity contribution >= 4 is 29.2 Å². The molecule has 0 atom stereocenters. The maximum atomic E-state index is 12.4. The Hall–Kier alpha value is -3.18. The maximum absolute atomic E-state index is 12.4. The van der Waals surface area contributed by atoms with Gasteiger partial charge in [-0.1, -0.05) is 72.3 Å². The molecule has 0 radical (unpaired) electrons. The second-order valence-corrected chi connectivity index (χ2v) is 6.49. The number of ether oxygens (including phenoxy) is 1. The summed E-state index contributed by atoms with van der Waals surface area (Å²) in [6.45, 7) is -0.389. The van der Waals surface area contributed by atoms with E-state index in [9.17, 15) is 9.59 Å². The van der Waals surface area contributed by atoms with Gasteiger partial charge in [0.15, 0.2) is 11.8 Å². The van der Waals surface area contributed by atoms with Crippen LogP contribution in [0.4, 0.5) is 5.69 Å². The Morgan fingerprint density at radius 2 is 1.54 bits per heavy atom. The molecule has 0 saturated heterocycles. The molecule has 0 aliphatic rings. The summed E-state index contributed by atoms with van der Waals surface area (Å²) in [4.78, 5) is 28.3. The van der Waals surface area contributed by atoms with Crippen LogP contribution in [0.1, 0.15) is 23.5 Å². The number of benzene rings is 2. The topological polar surface area (TPSA) is 68.3 Å². The number of carbonyl (C=O) groups is 2. The van der Waals surface area contributed by atoms with E-state index in [1.165, 1.54) is 6.20 Å². The first-order valence-electron chi connectivity index (χ1n) is 8.79. The molecule has 28 heavy (non-hydrogen) atoms. The van der Waals surface area contributed by atoms with E-state index in [1.54, 1.807) is 12.1 Å². The molecular weight excluding hydrogens is 376 g/mol. The molecule has 142 valence electrons. The van der Waals surface area contributed by atoms with Gasteiger partial charge in [0, 0.05) is 12.1 Å². The van der Waals surface area contributed by atoms with Crippen LogP contribution in [0, 0.1) is 0 Å². The predicted octanol–water partition coefficient (Wildman–Crippen LogP) is 4.44. The van der Waals surface area contributed by atoms with Crippen molar-refractivity contribution in [1.82, 2.24) is 4.98 Å². The lowest BCUT2D eigenvalue weighted by molar-refractivity contribution is -0.147. The Labute approximate surface area is 168 Å². The fraction of sp³-hybridized carbons (Fsp3) is 0.136. The quantitative estimate of drug-likeness (QED) is 0.475. The van der Waals surface area contributed by atoms with Gasteiger partial charge in [0.1, 0.15) is 0 Å². The first-order valence-corrected chi connectivity index (χ1v) is 9.17. The minimum atomic E-state index is -0.473. The van der Waals surface area contributed by atoms with Gasteiger partial charge >= 0.3 is 5.97 Å². The zero-order chi connectivity index (χ0) is 19.8. The van der Waals surface area contributed by atoms with Crippen LogP contribution in [0.15, 0.2) is 79.0 Å². The van der Waals surface area contributed by atoms with Gasteiger partial charge in [0.05, 0.1) is 12.1 Å². The van der Waals surface area contributed by atoms with Gasteiger partial charge in [0.2, 0.25) is 0 Å². The smallest absolute Gasteiger partial charge is 0.307 e. The zero-order valence-corrected chi connectivity index (χ0v) is 15.8. The van der Waals surface area contributed by atoms with Gasteiger partial charge in [-0.05, 0) is 23.3 Å². The lowest BCUT2D eigenvalue weighted by Crippen LogP contribution is -2.22. The molecule has 0 saturated carbocycles. The van der Waals surface area contributed by atoms with E-state index in [0.717, 1.165) is 11.1 Å². The highest BCUT2D eigenvalue weighted by atomic mass is 35.5. The number of rotatable bonds is 7. The van der Waals surface area contributed by atoms with Crippen LogP contribution in [0.5, 0.6) is 0 Å². The number of nitrogens with one attached hydrogen (secondary N) is 1. The summed E-state index contributed by atoms with van der Waals surface area (Å²) >= 11 is 5.90. The highest BCUT2D eigenvalue weighted by Gasteiger charge is 2.19. The molecule has 1 heterocycles. The van der Waals surface area contributed by atoms with Gasteiger partial charge in [-0.3, -0.25) is 9.59 Å². The molecular formula is C22H19ClN2O3. The number of carbonyl (C=O) groups excluding carboxylic acids is 2. The number of aromatic nitrogens is 1. The van der Waals surface area contributed by atoms with Crippen LogP contribution in [0.3, 0.4) is 0 Å².